The molecule has 0 fully saturated rings. The molecule has 0 saturated heterocycles. The summed E-state index contributed by atoms with van der Waals surface area (Å²) in [5.74, 6) is -0.979. The third kappa shape index (κ3) is 5.38. The lowest BCUT2D eigenvalue weighted by Crippen LogP contribution is -2.23. The number of anilines is 1. The molecular weight excluding hydrogens is 364 g/mol. The molecule has 0 atom stereocenters. The molecule has 0 spiro atoms. The Labute approximate surface area is 150 Å². The van der Waals surface area contributed by atoms with Gasteiger partial charge in [-0.3, -0.25) is 9.59 Å². The largest absolute Gasteiger partial charge is 0.455 e. The van der Waals surface area contributed by atoms with Crippen LogP contribution in [0.25, 0.3) is 0 Å². The number of hydrogen-bond acceptors (Lipinski definition) is 6. The summed E-state index contributed by atoms with van der Waals surface area (Å²) in [6.45, 7) is -0.401. The van der Waals surface area contributed by atoms with Crippen molar-refractivity contribution in [2.45, 2.75) is 11.3 Å². The number of nitrogens with zero attached hydrogens (tertiary/aromatic N) is 1. The topological polar surface area (TPSA) is 92.8 Å². The van der Waals surface area contributed by atoms with Gasteiger partial charge in [0.1, 0.15) is 0 Å². The summed E-state index contributed by atoms with van der Waals surface area (Å²) < 4.78 is 29.9. The predicted molar refractivity (Wildman–Crippen MR) is 94.9 cm³/mol. The Hall–Kier alpha value is -2.23. The SMILES string of the molecule is CN(C)S(=O)(=O)c1ccc(NC(=O)COC(=O)Cc2cccs2)cc1. The van der Waals surface area contributed by atoms with Crippen molar-refractivity contribution in [1.29, 1.82) is 0 Å². The van der Waals surface area contributed by atoms with Crippen LogP contribution in [0.2, 0.25) is 0 Å². The van der Waals surface area contributed by atoms with E-state index in [1.807, 2.05) is 17.5 Å². The first kappa shape index (κ1) is 19.1. The van der Waals surface area contributed by atoms with E-state index in [0.717, 1.165) is 9.18 Å². The minimum Gasteiger partial charge on any atom is -0.455 e. The third-order valence-corrected chi connectivity index (χ3v) is 5.89. The summed E-state index contributed by atoms with van der Waals surface area (Å²) in [5, 5.41) is 4.40. The summed E-state index contributed by atoms with van der Waals surface area (Å²) >= 11 is 1.44. The number of ether oxygens (including phenoxy) is 1. The molecule has 1 heterocycles. The molecule has 0 saturated carbocycles. The number of benzene rings is 1. The molecule has 0 unspecified atom stereocenters. The summed E-state index contributed by atoms with van der Waals surface area (Å²) in [7, 11) is -0.636. The molecule has 2 rings (SSSR count). The summed E-state index contributed by atoms with van der Waals surface area (Å²) in [6, 6.07) is 9.39. The molecule has 9 heteroatoms. The van der Waals surface area contributed by atoms with Gasteiger partial charge in [0.25, 0.3) is 5.91 Å². The Morgan fingerprint density at radius 1 is 1.16 bits per heavy atom. The standard InChI is InChI=1S/C16H18N2O5S2/c1-18(2)25(21,22)14-7-5-12(6-8-14)17-15(19)11-23-16(20)10-13-4-3-9-24-13/h3-9H,10-11H2,1-2H3,(H,17,19). The van der Waals surface area contributed by atoms with Gasteiger partial charge < -0.3 is 10.1 Å². The quantitative estimate of drug-likeness (QED) is 0.736. The second kappa shape index (κ2) is 8.24. The minimum absolute atomic E-state index is 0.123. The van der Waals surface area contributed by atoms with E-state index >= 15 is 0 Å². The van der Waals surface area contributed by atoms with Gasteiger partial charge in [-0.05, 0) is 35.7 Å². The second-order valence-electron chi connectivity index (χ2n) is 5.28. The van der Waals surface area contributed by atoms with E-state index < -0.39 is 28.5 Å². The highest BCUT2D eigenvalue weighted by atomic mass is 32.2. The van der Waals surface area contributed by atoms with Gasteiger partial charge >= 0.3 is 5.97 Å². The van der Waals surface area contributed by atoms with Crippen LogP contribution in [0, 0.1) is 0 Å². The van der Waals surface area contributed by atoms with E-state index in [1.54, 1.807) is 0 Å². The molecule has 1 aromatic heterocycles. The van der Waals surface area contributed by atoms with Crippen molar-refractivity contribution in [1.82, 2.24) is 4.31 Å². The van der Waals surface area contributed by atoms with Gasteiger partial charge in [0.2, 0.25) is 10.0 Å². The maximum Gasteiger partial charge on any atom is 0.311 e. The number of carbonyl (C=O) groups is 2. The van der Waals surface area contributed by atoms with Crippen LogP contribution in [0.3, 0.4) is 0 Å². The zero-order chi connectivity index (χ0) is 18.4. The van der Waals surface area contributed by atoms with E-state index in [4.69, 9.17) is 4.74 Å². The van der Waals surface area contributed by atoms with Gasteiger partial charge in [0.15, 0.2) is 6.61 Å². The van der Waals surface area contributed by atoms with E-state index in [2.05, 4.69) is 5.32 Å². The van der Waals surface area contributed by atoms with Crippen LogP contribution in [-0.4, -0.2) is 45.3 Å². The lowest BCUT2D eigenvalue weighted by molar-refractivity contribution is -0.146. The molecule has 1 N–H and O–H groups in total. The first-order valence-electron chi connectivity index (χ1n) is 7.29. The molecule has 0 bridgehead atoms. The van der Waals surface area contributed by atoms with Gasteiger partial charge in [-0.25, -0.2) is 12.7 Å². The minimum atomic E-state index is -3.52. The second-order valence-corrected chi connectivity index (χ2v) is 8.46. The van der Waals surface area contributed by atoms with Crippen molar-refractivity contribution in [3.8, 4) is 0 Å². The molecule has 1 aromatic carbocycles. The third-order valence-electron chi connectivity index (χ3n) is 3.18. The lowest BCUT2D eigenvalue weighted by Gasteiger charge is -2.12. The van der Waals surface area contributed by atoms with Gasteiger partial charge in [-0.1, -0.05) is 6.07 Å². The van der Waals surface area contributed by atoms with Crippen molar-refractivity contribution in [3.05, 3.63) is 46.7 Å². The van der Waals surface area contributed by atoms with Crippen LogP contribution >= 0.6 is 11.3 Å². The highest BCUT2D eigenvalue weighted by Crippen LogP contribution is 2.16. The van der Waals surface area contributed by atoms with Gasteiger partial charge in [-0.2, -0.15) is 0 Å². The Bertz CT molecular complexity index is 828. The van der Waals surface area contributed by atoms with Gasteiger partial charge in [0.05, 0.1) is 11.3 Å². The maximum absolute atomic E-state index is 12.0. The predicted octanol–water partition coefficient (Wildman–Crippen LogP) is 1.72. The Kier molecular flexibility index (Phi) is 6.29. The van der Waals surface area contributed by atoms with Crippen LogP contribution in [0.1, 0.15) is 4.88 Å². The molecule has 0 radical (unpaired) electrons. The summed E-state index contributed by atoms with van der Waals surface area (Å²) in [4.78, 5) is 24.4. The van der Waals surface area contributed by atoms with Crippen molar-refractivity contribution in [2.24, 2.45) is 0 Å². The zero-order valence-corrected chi connectivity index (χ0v) is 15.4. The normalized spacial score (nSPS) is 11.3. The van der Waals surface area contributed by atoms with Crippen LogP contribution in [0.4, 0.5) is 5.69 Å². The molecule has 25 heavy (non-hydrogen) atoms. The van der Waals surface area contributed by atoms with Crippen molar-refractivity contribution < 1.29 is 22.7 Å². The highest BCUT2D eigenvalue weighted by Gasteiger charge is 2.17. The fourth-order valence-electron chi connectivity index (χ4n) is 1.87. The number of carbonyl (C=O) groups excluding carboxylic acids is 2. The Balaban J connectivity index is 1.85. The monoisotopic (exact) mass is 382 g/mol. The smallest absolute Gasteiger partial charge is 0.311 e. The maximum atomic E-state index is 12.0. The van der Waals surface area contributed by atoms with E-state index in [1.165, 1.54) is 49.7 Å². The van der Waals surface area contributed by atoms with Crippen LogP contribution in [0.5, 0.6) is 0 Å². The molecule has 0 aliphatic carbocycles. The number of rotatable bonds is 7. The summed E-state index contributed by atoms with van der Waals surface area (Å²) in [6.07, 6.45) is 0.127. The number of thiophene rings is 1. The molecule has 134 valence electrons. The lowest BCUT2D eigenvalue weighted by atomic mass is 10.3. The molecule has 2 aromatic rings. The fraction of sp³-hybridized carbons (Fsp3) is 0.250. The summed E-state index contributed by atoms with van der Waals surface area (Å²) in [5.41, 5.74) is 0.414. The van der Waals surface area contributed by atoms with Crippen molar-refractivity contribution >= 4 is 38.9 Å². The molecule has 7 nitrogen and oxygen atoms in total. The van der Waals surface area contributed by atoms with Crippen LogP contribution in [0.15, 0.2) is 46.7 Å². The number of hydrogen-bond donors (Lipinski definition) is 1. The highest BCUT2D eigenvalue weighted by molar-refractivity contribution is 7.89. The van der Waals surface area contributed by atoms with E-state index in [9.17, 15) is 18.0 Å². The zero-order valence-electron chi connectivity index (χ0n) is 13.8. The Morgan fingerprint density at radius 2 is 1.84 bits per heavy atom. The number of amides is 1. The molecular formula is C16H18N2O5S2. The fourth-order valence-corrected chi connectivity index (χ4v) is 3.46. The van der Waals surface area contributed by atoms with Crippen molar-refractivity contribution in [3.63, 3.8) is 0 Å². The first-order valence-corrected chi connectivity index (χ1v) is 9.61. The molecule has 1 amide bonds. The molecule has 0 aliphatic rings. The Morgan fingerprint density at radius 3 is 2.40 bits per heavy atom. The average Bonchev–Trinajstić information content (AvgIpc) is 3.06. The molecule has 0 aliphatic heterocycles. The van der Waals surface area contributed by atoms with Gasteiger partial charge in [0, 0.05) is 24.7 Å². The first-order chi connectivity index (χ1) is 11.8. The van der Waals surface area contributed by atoms with Crippen LogP contribution in [-0.2, 0) is 30.8 Å². The van der Waals surface area contributed by atoms with E-state index in [-0.39, 0.29) is 11.3 Å². The average molecular weight is 382 g/mol. The number of nitrogens with one attached hydrogen (secondary N) is 1. The number of sulfonamides is 1. The van der Waals surface area contributed by atoms with Crippen LogP contribution < -0.4 is 5.32 Å². The number of esters is 1. The van der Waals surface area contributed by atoms with E-state index in [0.29, 0.717) is 5.69 Å². The van der Waals surface area contributed by atoms with Gasteiger partial charge in [-0.15, -0.1) is 11.3 Å². The van der Waals surface area contributed by atoms with Crippen molar-refractivity contribution in [2.75, 3.05) is 26.0 Å².